The second kappa shape index (κ2) is 6.70. The number of hydrogen-bond acceptors (Lipinski definition) is 4. The zero-order chi connectivity index (χ0) is 13.7. The number of hydrogen-bond donors (Lipinski definition) is 2. The van der Waals surface area contributed by atoms with E-state index >= 15 is 0 Å². The van der Waals surface area contributed by atoms with E-state index in [4.69, 9.17) is 10.2 Å². The Kier molecular flexibility index (Phi) is 5.55. The molecule has 0 saturated heterocycles. The molecule has 0 aliphatic rings. The van der Waals surface area contributed by atoms with E-state index < -0.39 is 22.4 Å². The van der Waals surface area contributed by atoms with E-state index in [-0.39, 0.29) is 0 Å². The summed E-state index contributed by atoms with van der Waals surface area (Å²) in [6, 6.07) is 7.24. The number of carbonyl (C=O) groups is 2. The number of rotatable bonds is 6. The van der Waals surface area contributed by atoms with Crippen LogP contribution in [-0.2, 0) is 9.59 Å². The fourth-order valence-electron chi connectivity index (χ4n) is 1.13. The maximum absolute atomic E-state index is 10.8. The number of aliphatic carboxylic acids is 2. The SMILES string of the molecule is CC(Sc1ccccc1SC(C)C(=O)O)C(=O)O. The van der Waals surface area contributed by atoms with Crippen molar-refractivity contribution in [3.05, 3.63) is 24.3 Å². The predicted molar refractivity (Wildman–Crippen MR) is 72.4 cm³/mol. The van der Waals surface area contributed by atoms with Crippen LogP contribution in [0, 0.1) is 0 Å². The van der Waals surface area contributed by atoms with E-state index in [1.165, 1.54) is 23.5 Å². The van der Waals surface area contributed by atoms with Crippen LogP contribution in [0.3, 0.4) is 0 Å². The number of thioether (sulfide) groups is 2. The maximum atomic E-state index is 10.8. The first-order chi connectivity index (χ1) is 8.41. The Balaban J connectivity index is 2.86. The van der Waals surface area contributed by atoms with Gasteiger partial charge in [0.2, 0.25) is 0 Å². The van der Waals surface area contributed by atoms with Gasteiger partial charge in [-0.3, -0.25) is 9.59 Å². The summed E-state index contributed by atoms with van der Waals surface area (Å²) in [5.41, 5.74) is 0. The molecule has 0 spiro atoms. The van der Waals surface area contributed by atoms with Crippen LogP contribution in [0.25, 0.3) is 0 Å². The minimum atomic E-state index is -0.883. The van der Waals surface area contributed by atoms with Crippen LogP contribution < -0.4 is 0 Å². The third-order valence-electron chi connectivity index (χ3n) is 2.15. The molecule has 2 N–H and O–H groups in total. The van der Waals surface area contributed by atoms with Crippen LogP contribution in [0.15, 0.2) is 34.1 Å². The van der Waals surface area contributed by atoms with Crippen molar-refractivity contribution in [1.82, 2.24) is 0 Å². The lowest BCUT2D eigenvalue weighted by Gasteiger charge is -2.12. The molecule has 0 saturated carbocycles. The van der Waals surface area contributed by atoms with Crippen molar-refractivity contribution in [3.8, 4) is 0 Å². The van der Waals surface area contributed by atoms with Gasteiger partial charge < -0.3 is 10.2 Å². The summed E-state index contributed by atoms with van der Waals surface area (Å²) < 4.78 is 0. The first-order valence-electron chi connectivity index (χ1n) is 5.29. The average molecular weight is 286 g/mol. The minimum absolute atomic E-state index is 0.563. The van der Waals surface area contributed by atoms with Crippen LogP contribution in [-0.4, -0.2) is 32.7 Å². The highest BCUT2D eigenvalue weighted by molar-refractivity contribution is 8.03. The van der Waals surface area contributed by atoms with Crippen LogP contribution in [0.2, 0.25) is 0 Å². The second-order valence-corrected chi connectivity index (χ2v) is 6.41. The van der Waals surface area contributed by atoms with Crippen molar-refractivity contribution in [2.24, 2.45) is 0 Å². The average Bonchev–Trinajstić information content (AvgIpc) is 2.31. The molecule has 18 heavy (non-hydrogen) atoms. The lowest BCUT2D eigenvalue weighted by atomic mass is 10.4. The van der Waals surface area contributed by atoms with Crippen molar-refractivity contribution < 1.29 is 19.8 Å². The van der Waals surface area contributed by atoms with Gasteiger partial charge in [-0.15, -0.1) is 23.5 Å². The van der Waals surface area contributed by atoms with Gasteiger partial charge in [0.25, 0.3) is 0 Å². The molecule has 2 atom stereocenters. The molecular formula is C12H14O4S2. The standard InChI is InChI=1S/C12H14O4S2/c1-7(11(13)14)17-9-5-3-4-6-10(9)18-8(2)12(15)16/h3-8H,1-2H3,(H,13,14)(H,15,16). The van der Waals surface area contributed by atoms with Crippen molar-refractivity contribution in [1.29, 1.82) is 0 Å². The molecule has 0 aliphatic heterocycles. The Bertz CT molecular complexity index is 406. The molecule has 2 unspecified atom stereocenters. The van der Waals surface area contributed by atoms with E-state index in [1.807, 2.05) is 12.1 Å². The summed E-state index contributed by atoms with van der Waals surface area (Å²) in [6.45, 7) is 3.21. The van der Waals surface area contributed by atoms with Crippen molar-refractivity contribution in [2.75, 3.05) is 0 Å². The van der Waals surface area contributed by atoms with Crippen LogP contribution in [0.1, 0.15) is 13.8 Å². The molecule has 1 rings (SSSR count). The molecule has 0 heterocycles. The van der Waals surface area contributed by atoms with E-state index in [0.717, 1.165) is 9.79 Å². The van der Waals surface area contributed by atoms with E-state index in [9.17, 15) is 9.59 Å². The van der Waals surface area contributed by atoms with Gasteiger partial charge in [-0.2, -0.15) is 0 Å². The highest BCUT2D eigenvalue weighted by Gasteiger charge is 2.18. The predicted octanol–water partition coefficient (Wildman–Crippen LogP) is 2.82. The van der Waals surface area contributed by atoms with Gasteiger partial charge >= 0.3 is 11.9 Å². The van der Waals surface area contributed by atoms with Gasteiger partial charge in [-0.1, -0.05) is 12.1 Å². The molecule has 0 aromatic heterocycles. The topological polar surface area (TPSA) is 74.6 Å². The Morgan fingerprint density at radius 2 is 1.28 bits per heavy atom. The second-order valence-electron chi connectivity index (χ2n) is 3.64. The minimum Gasteiger partial charge on any atom is -0.480 e. The third-order valence-corrected chi connectivity index (χ3v) is 4.61. The summed E-state index contributed by atoms with van der Waals surface area (Å²) in [5.74, 6) is -1.77. The summed E-state index contributed by atoms with van der Waals surface area (Å²) >= 11 is 2.44. The number of carboxylic acids is 2. The Hall–Kier alpha value is -1.14. The first-order valence-corrected chi connectivity index (χ1v) is 7.05. The molecule has 0 bridgehead atoms. The summed E-state index contributed by atoms with van der Waals surface area (Å²) in [4.78, 5) is 23.2. The summed E-state index contributed by atoms with van der Waals surface area (Å²) in [7, 11) is 0. The molecule has 1 aromatic carbocycles. The molecule has 0 aliphatic carbocycles. The maximum Gasteiger partial charge on any atom is 0.316 e. The normalized spacial score (nSPS) is 13.9. The first kappa shape index (κ1) is 14.9. The molecule has 1 aromatic rings. The van der Waals surface area contributed by atoms with Gasteiger partial charge in [0, 0.05) is 9.79 Å². The van der Waals surface area contributed by atoms with Gasteiger partial charge in [0.15, 0.2) is 0 Å². The molecule has 98 valence electrons. The number of carboxylic acid groups (broad SMARTS) is 2. The van der Waals surface area contributed by atoms with E-state index in [0.29, 0.717) is 0 Å². The fourth-order valence-corrected chi connectivity index (χ4v) is 3.06. The molecular weight excluding hydrogens is 272 g/mol. The molecule has 0 fully saturated rings. The van der Waals surface area contributed by atoms with Gasteiger partial charge in [-0.05, 0) is 26.0 Å². The summed E-state index contributed by atoms with van der Waals surface area (Å²) in [5, 5.41) is 16.6. The van der Waals surface area contributed by atoms with Crippen molar-refractivity contribution in [2.45, 2.75) is 34.1 Å². The Morgan fingerprint density at radius 1 is 0.944 bits per heavy atom. The third kappa shape index (κ3) is 4.27. The zero-order valence-corrected chi connectivity index (χ0v) is 11.6. The Labute approximate surface area is 114 Å². The zero-order valence-electron chi connectivity index (χ0n) is 9.99. The lowest BCUT2D eigenvalue weighted by molar-refractivity contribution is -0.137. The molecule has 0 radical (unpaired) electrons. The molecule has 4 nitrogen and oxygen atoms in total. The molecule has 0 amide bonds. The fraction of sp³-hybridized carbons (Fsp3) is 0.333. The van der Waals surface area contributed by atoms with Gasteiger partial charge in [0.1, 0.15) is 10.5 Å². The van der Waals surface area contributed by atoms with E-state index in [1.54, 1.807) is 26.0 Å². The number of benzene rings is 1. The van der Waals surface area contributed by atoms with Crippen molar-refractivity contribution in [3.63, 3.8) is 0 Å². The largest absolute Gasteiger partial charge is 0.480 e. The van der Waals surface area contributed by atoms with Gasteiger partial charge in [0.05, 0.1) is 0 Å². The highest BCUT2D eigenvalue weighted by Crippen LogP contribution is 2.35. The van der Waals surface area contributed by atoms with Crippen LogP contribution >= 0.6 is 23.5 Å². The van der Waals surface area contributed by atoms with E-state index in [2.05, 4.69) is 0 Å². The van der Waals surface area contributed by atoms with Crippen LogP contribution in [0.5, 0.6) is 0 Å². The summed E-state index contributed by atoms with van der Waals surface area (Å²) in [6.07, 6.45) is 0. The Morgan fingerprint density at radius 3 is 1.56 bits per heavy atom. The van der Waals surface area contributed by atoms with Crippen LogP contribution in [0.4, 0.5) is 0 Å². The molecule has 6 heteroatoms. The van der Waals surface area contributed by atoms with Gasteiger partial charge in [-0.25, -0.2) is 0 Å². The lowest BCUT2D eigenvalue weighted by Crippen LogP contribution is -2.13. The monoisotopic (exact) mass is 286 g/mol. The quantitative estimate of drug-likeness (QED) is 0.783. The van der Waals surface area contributed by atoms with Crippen molar-refractivity contribution >= 4 is 35.5 Å². The highest BCUT2D eigenvalue weighted by atomic mass is 32.2. The smallest absolute Gasteiger partial charge is 0.316 e.